The van der Waals surface area contributed by atoms with Crippen LogP contribution in [0.2, 0.25) is 0 Å². The van der Waals surface area contributed by atoms with Gasteiger partial charge in [-0.3, -0.25) is 4.90 Å². The van der Waals surface area contributed by atoms with E-state index in [1.807, 2.05) is 13.4 Å². The van der Waals surface area contributed by atoms with Gasteiger partial charge in [0.05, 0.1) is 18.4 Å². The molecule has 112 valence electrons. The highest BCUT2D eigenvalue weighted by Crippen LogP contribution is 2.26. The average molecular weight is 278 g/mol. The lowest BCUT2D eigenvalue weighted by molar-refractivity contribution is -0.0528. The van der Waals surface area contributed by atoms with Crippen molar-refractivity contribution in [3.05, 3.63) is 23.7 Å². The van der Waals surface area contributed by atoms with Crippen molar-refractivity contribution >= 4 is 0 Å². The molecule has 2 heterocycles. The van der Waals surface area contributed by atoms with Crippen molar-refractivity contribution in [1.82, 2.24) is 10.2 Å². The van der Waals surface area contributed by atoms with Gasteiger partial charge >= 0.3 is 0 Å². The first-order valence-corrected chi connectivity index (χ1v) is 7.75. The second-order valence-corrected chi connectivity index (χ2v) is 6.49. The van der Waals surface area contributed by atoms with Crippen LogP contribution in [-0.2, 0) is 17.8 Å². The summed E-state index contributed by atoms with van der Waals surface area (Å²) < 4.78 is 11.3. The summed E-state index contributed by atoms with van der Waals surface area (Å²) in [5.41, 5.74) is 1.33. The zero-order chi connectivity index (χ0) is 14.0. The van der Waals surface area contributed by atoms with Crippen molar-refractivity contribution < 1.29 is 9.15 Å². The van der Waals surface area contributed by atoms with Crippen molar-refractivity contribution in [3.8, 4) is 0 Å². The van der Waals surface area contributed by atoms with Crippen molar-refractivity contribution in [2.24, 2.45) is 0 Å². The number of nitrogens with zero attached hydrogens (tertiary/aromatic N) is 1. The topological polar surface area (TPSA) is 37.6 Å². The van der Waals surface area contributed by atoms with Gasteiger partial charge in [0, 0.05) is 31.8 Å². The molecule has 1 N–H and O–H groups in total. The summed E-state index contributed by atoms with van der Waals surface area (Å²) in [6.07, 6.45) is 6.81. The Hall–Kier alpha value is -0.840. The van der Waals surface area contributed by atoms with Crippen LogP contribution in [0.4, 0.5) is 0 Å². The summed E-state index contributed by atoms with van der Waals surface area (Å²) >= 11 is 0. The maximum absolute atomic E-state index is 5.67. The van der Waals surface area contributed by atoms with Crippen molar-refractivity contribution in [1.29, 1.82) is 0 Å². The van der Waals surface area contributed by atoms with E-state index in [9.17, 15) is 0 Å². The molecule has 0 amide bonds. The second-order valence-electron chi connectivity index (χ2n) is 6.49. The smallest absolute Gasteiger partial charge is 0.122 e. The molecule has 1 unspecified atom stereocenters. The number of nitrogens with one attached hydrogen (secondary N) is 1. The molecule has 1 aliphatic carbocycles. The summed E-state index contributed by atoms with van der Waals surface area (Å²) in [5.74, 6) is 1.10. The summed E-state index contributed by atoms with van der Waals surface area (Å²) in [5, 5.41) is 3.53. The predicted molar refractivity (Wildman–Crippen MR) is 78.5 cm³/mol. The fourth-order valence-corrected chi connectivity index (χ4v) is 3.04. The predicted octanol–water partition coefficient (Wildman–Crippen LogP) is 2.53. The number of ether oxygens (including phenoxy) is 1. The Morgan fingerprint density at radius 3 is 3.10 bits per heavy atom. The van der Waals surface area contributed by atoms with Crippen LogP contribution in [-0.4, -0.2) is 36.7 Å². The molecule has 0 radical (unpaired) electrons. The van der Waals surface area contributed by atoms with E-state index in [1.165, 1.54) is 24.8 Å². The maximum Gasteiger partial charge on any atom is 0.122 e. The van der Waals surface area contributed by atoms with Gasteiger partial charge in [-0.05, 0) is 45.2 Å². The third kappa shape index (κ3) is 3.43. The Morgan fingerprint density at radius 1 is 1.50 bits per heavy atom. The van der Waals surface area contributed by atoms with Gasteiger partial charge in [-0.2, -0.15) is 0 Å². The second kappa shape index (κ2) is 5.88. The van der Waals surface area contributed by atoms with Crippen LogP contribution in [0.3, 0.4) is 0 Å². The molecule has 1 saturated heterocycles. The van der Waals surface area contributed by atoms with Gasteiger partial charge in [-0.1, -0.05) is 0 Å². The monoisotopic (exact) mass is 278 g/mol. The Morgan fingerprint density at radius 2 is 2.35 bits per heavy atom. The van der Waals surface area contributed by atoms with E-state index in [-0.39, 0.29) is 5.60 Å². The third-order valence-electron chi connectivity index (χ3n) is 4.59. The van der Waals surface area contributed by atoms with Crippen LogP contribution in [0.15, 0.2) is 16.7 Å². The number of rotatable bonds is 6. The minimum absolute atomic E-state index is 0.00834. The molecular weight excluding hydrogens is 252 g/mol. The summed E-state index contributed by atoms with van der Waals surface area (Å²) in [4.78, 5) is 2.48. The lowest BCUT2D eigenvalue weighted by atomic mass is 9.94. The number of hydrogen-bond donors (Lipinski definition) is 1. The first-order chi connectivity index (χ1) is 9.68. The molecule has 20 heavy (non-hydrogen) atoms. The standard InChI is InChI=1S/C16H26N2O2/c1-16(19-2)7-3-8-18(12-16)11-13-6-9-20-15(13)10-17-14-4-5-14/h6,9,14,17H,3-5,7-8,10-12H2,1-2H3. The first-order valence-electron chi connectivity index (χ1n) is 7.75. The number of piperidine rings is 1. The van der Waals surface area contributed by atoms with Crippen molar-refractivity contribution in [2.45, 2.75) is 57.3 Å². The van der Waals surface area contributed by atoms with Crippen LogP contribution in [0.25, 0.3) is 0 Å². The molecule has 2 fully saturated rings. The number of furan rings is 1. The highest BCUT2D eigenvalue weighted by Gasteiger charge is 2.31. The van der Waals surface area contributed by atoms with Gasteiger partial charge in [0.15, 0.2) is 0 Å². The zero-order valence-corrected chi connectivity index (χ0v) is 12.7. The van der Waals surface area contributed by atoms with Crippen molar-refractivity contribution in [2.75, 3.05) is 20.2 Å². The fraction of sp³-hybridized carbons (Fsp3) is 0.750. The van der Waals surface area contributed by atoms with E-state index in [0.717, 1.165) is 44.4 Å². The Balaban J connectivity index is 1.57. The Labute approximate surface area is 121 Å². The summed E-state index contributed by atoms with van der Waals surface area (Å²) in [6, 6.07) is 2.84. The molecule has 1 aromatic heterocycles. The minimum atomic E-state index is 0.00834. The van der Waals surface area contributed by atoms with Gasteiger partial charge in [-0.25, -0.2) is 0 Å². The molecule has 4 nitrogen and oxygen atoms in total. The molecule has 2 aliphatic rings. The van der Waals surface area contributed by atoms with Crippen LogP contribution in [0.5, 0.6) is 0 Å². The van der Waals surface area contributed by atoms with Gasteiger partial charge in [0.1, 0.15) is 5.76 Å². The van der Waals surface area contributed by atoms with E-state index in [2.05, 4.69) is 23.2 Å². The SMILES string of the molecule is COC1(C)CCCN(Cc2ccoc2CNC2CC2)C1. The first kappa shape index (κ1) is 14.1. The van der Waals surface area contributed by atoms with E-state index in [0.29, 0.717) is 0 Å². The minimum Gasteiger partial charge on any atom is -0.468 e. The van der Waals surface area contributed by atoms with E-state index in [1.54, 1.807) is 0 Å². The zero-order valence-electron chi connectivity index (χ0n) is 12.7. The molecule has 3 rings (SSSR count). The largest absolute Gasteiger partial charge is 0.468 e. The van der Waals surface area contributed by atoms with Gasteiger partial charge < -0.3 is 14.5 Å². The normalized spacial score (nSPS) is 27.9. The highest BCUT2D eigenvalue weighted by molar-refractivity contribution is 5.17. The molecule has 0 bridgehead atoms. The van der Waals surface area contributed by atoms with Crippen LogP contribution < -0.4 is 5.32 Å². The fourth-order valence-electron chi connectivity index (χ4n) is 3.04. The molecule has 1 saturated carbocycles. The summed E-state index contributed by atoms with van der Waals surface area (Å²) in [6.45, 7) is 6.20. The van der Waals surface area contributed by atoms with Gasteiger partial charge in [0.2, 0.25) is 0 Å². The number of methoxy groups -OCH3 is 1. The molecule has 1 atom stereocenters. The van der Waals surface area contributed by atoms with E-state index in [4.69, 9.17) is 9.15 Å². The molecule has 0 aromatic carbocycles. The van der Waals surface area contributed by atoms with Gasteiger partial charge in [0.25, 0.3) is 0 Å². The van der Waals surface area contributed by atoms with Crippen LogP contribution in [0.1, 0.15) is 43.9 Å². The number of hydrogen-bond acceptors (Lipinski definition) is 4. The molecule has 0 spiro atoms. The third-order valence-corrected chi connectivity index (χ3v) is 4.59. The molecule has 1 aliphatic heterocycles. The maximum atomic E-state index is 5.67. The van der Waals surface area contributed by atoms with E-state index >= 15 is 0 Å². The van der Waals surface area contributed by atoms with Gasteiger partial charge in [-0.15, -0.1) is 0 Å². The lowest BCUT2D eigenvalue weighted by Crippen LogP contribution is -2.46. The van der Waals surface area contributed by atoms with Crippen LogP contribution >= 0.6 is 0 Å². The van der Waals surface area contributed by atoms with Crippen LogP contribution in [0, 0.1) is 0 Å². The molecule has 4 heteroatoms. The lowest BCUT2D eigenvalue weighted by Gasteiger charge is -2.39. The molecule has 1 aromatic rings. The molecular formula is C16H26N2O2. The highest BCUT2D eigenvalue weighted by atomic mass is 16.5. The van der Waals surface area contributed by atoms with Crippen molar-refractivity contribution in [3.63, 3.8) is 0 Å². The summed E-state index contributed by atoms with van der Waals surface area (Å²) in [7, 11) is 1.83. The van der Waals surface area contributed by atoms with E-state index < -0.39 is 0 Å². The quantitative estimate of drug-likeness (QED) is 0.868. The average Bonchev–Trinajstić information content (AvgIpc) is 3.17. The Bertz CT molecular complexity index is 441. The number of likely N-dealkylation sites (tertiary alicyclic amines) is 1. The Kier molecular flexibility index (Phi) is 4.15.